The van der Waals surface area contributed by atoms with Gasteiger partial charge in [-0.3, -0.25) is 14.4 Å². The van der Waals surface area contributed by atoms with Gasteiger partial charge in [0.05, 0.1) is 13.0 Å². The summed E-state index contributed by atoms with van der Waals surface area (Å²) in [6, 6.07) is 5.07. The fourth-order valence-corrected chi connectivity index (χ4v) is 2.80. The van der Waals surface area contributed by atoms with Gasteiger partial charge in [0, 0.05) is 24.2 Å². The van der Waals surface area contributed by atoms with E-state index in [1.54, 1.807) is 17.9 Å². The van der Waals surface area contributed by atoms with E-state index < -0.39 is 12.0 Å². The molecule has 8 heteroatoms. The van der Waals surface area contributed by atoms with E-state index in [4.69, 9.17) is 10.8 Å². The molecule has 8 nitrogen and oxygen atoms in total. The summed E-state index contributed by atoms with van der Waals surface area (Å²) in [6.07, 6.45) is 3.29. The van der Waals surface area contributed by atoms with Crippen LogP contribution in [0.2, 0.25) is 0 Å². The molecule has 26 heavy (non-hydrogen) atoms. The number of nitrogens with one attached hydrogen (secondary N) is 1. The number of anilines is 1. The smallest absolute Gasteiger partial charge is 0.305 e. The van der Waals surface area contributed by atoms with Gasteiger partial charge in [0.2, 0.25) is 11.8 Å². The average Bonchev–Trinajstić information content (AvgIpc) is 3.36. The number of hydrogen-bond donors (Lipinski definition) is 3. The molecular weight excluding hydrogens is 336 g/mol. The van der Waals surface area contributed by atoms with E-state index >= 15 is 0 Å². The molecule has 0 bridgehead atoms. The van der Waals surface area contributed by atoms with Gasteiger partial charge in [-0.05, 0) is 44.7 Å². The lowest BCUT2D eigenvalue weighted by Gasteiger charge is -2.23. The molecule has 142 valence electrons. The Morgan fingerprint density at radius 3 is 2.73 bits per heavy atom. The van der Waals surface area contributed by atoms with Crippen LogP contribution in [0.15, 0.2) is 18.2 Å². The van der Waals surface area contributed by atoms with Crippen molar-refractivity contribution in [1.82, 2.24) is 15.2 Å². The number of nitrogens with zero attached hydrogens (tertiary/aromatic N) is 2. The Morgan fingerprint density at radius 2 is 2.12 bits per heavy atom. The molecule has 2 amide bonds. The summed E-state index contributed by atoms with van der Waals surface area (Å²) in [5, 5.41) is 11.4. The van der Waals surface area contributed by atoms with Crippen molar-refractivity contribution in [1.29, 1.82) is 0 Å². The van der Waals surface area contributed by atoms with Crippen molar-refractivity contribution in [3.8, 4) is 0 Å². The Balaban J connectivity index is 1.79. The summed E-state index contributed by atoms with van der Waals surface area (Å²) < 4.78 is 0. The number of carbonyl (C=O) groups is 3. The predicted molar refractivity (Wildman–Crippen MR) is 96.2 cm³/mol. The Hall–Kier alpha value is -2.64. The van der Waals surface area contributed by atoms with Gasteiger partial charge in [-0.1, -0.05) is 6.07 Å². The van der Waals surface area contributed by atoms with E-state index in [2.05, 4.69) is 10.3 Å². The van der Waals surface area contributed by atoms with Crippen molar-refractivity contribution in [3.63, 3.8) is 0 Å². The van der Waals surface area contributed by atoms with Gasteiger partial charge in [0.25, 0.3) is 0 Å². The number of aryl methyl sites for hydroxylation is 1. The maximum absolute atomic E-state index is 12.5. The van der Waals surface area contributed by atoms with Gasteiger partial charge in [0.15, 0.2) is 0 Å². The molecule has 1 saturated carbocycles. The van der Waals surface area contributed by atoms with Crippen LogP contribution in [0.5, 0.6) is 0 Å². The highest BCUT2D eigenvalue weighted by molar-refractivity contribution is 5.85. The monoisotopic (exact) mass is 362 g/mol. The zero-order valence-corrected chi connectivity index (χ0v) is 15.0. The highest BCUT2D eigenvalue weighted by Gasteiger charge is 2.33. The number of nitrogen functional groups attached to an aromatic ring is 1. The largest absolute Gasteiger partial charge is 0.481 e. The number of rotatable bonds is 10. The molecule has 1 aromatic heterocycles. The fourth-order valence-electron chi connectivity index (χ4n) is 2.80. The fraction of sp³-hybridized carbons (Fsp3) is 0.556. The minimum atomic E-state index is -0.969. The average molecular weight is 362 g/mol. The molecule has 1 fully saturated rings. The second-order valence-corrected chi connectivity index (χ2v) is 6.73. The number of carboxylic acids is 1. The molecule has 1 heterocycles. The molecule has 2 rings (SSSR count). The van der Waals surface area contributed by atoms with Crippen molar-refractivity contribution in [2.24, 2.45) is 0 Å². The third kappa shape index (κ3) is 6.70. The van der Waals surface area contributed by atoms with Gasteiger partial charge >= 0.3 is 5.97 Å². The van der Waals surface area contributed by atoms with Crippen LogP contribution in [0.25, 0.3) is 0 Å². The quantitative estimate of drug-likeness (QED) is 0.569. The minimum Gasteiger partial charge on any atom is -0.481 e. The van der Waals surface area contributed by atoms with Gasteiger partial charge in [-0.25, -0.2) is 4.98 Å². The Bertz CT molecular complexity index is 660. The van der Waals surface area contributed by atoms with Crippen LogP contribution in [0.4, 0.5) is 5.82 Å². The lowest BCUT2D eigenvalue weighted by atomic mass is 10.1. The second kappa shape index (κ2) is 9.17. The molecule has 1 aliphatic rings. The van der Waals surface area contributed by atoms with Crippen molar-refractivity contribution < 1.29 is 19.5 Å². The van der Waals surface area contributed by atoms with Crippen LogP contribution >= 0.6 is 0 Å². The summed E-state index contributed by atoms with van der Waals surface area (Å²) in [5.41, 5.74) is 6.49. The number of pyridine rings is 1. The normalized spacial score (nSPS) is 14.5. The third-order valence-electron chi connectivity index (χ3n) is 4.16. The minimum absolute atomic E-state index is 0.0238. The van der Waals surface area contributed by atoms with Crippen LogP contribution in [0, 0.1) is 0 Å². The molecule has 1 atom stereocenters. The first kappa shape index (κ1) is 19.7. The predicted octanol–water partition coefficient (Wildman–Crippen LogP) is 0.957. The molecule has 0 unspecified atom stereocenters. The zero-order valence-electron chi connectivity index (χ0n) is 15.0. The Morgan fingerprint density at radius 1 is 1.38 bits per heavy atom. The summed E-state index contributed by atoms with van der Waals surface area (Å²) in [6.45, 7) is 1.61. The van der Waals surface area contributed by atoms with E-state index in [0.717, 1.165) is 18.5 Å². The summed E-state index contributed by atoms with van der Waals surface area (Å²) in [7, 11) is 0. The molecule has 0 aliphatic heterocycles. The molecule has 4 N–H and O–H groups in total. The number of hydrogen-bond acceptors (Lipinski definition) is 5. The van der Waals surface area contributed by atoms with Crippen LogP contribution in [0.3, 0.4) is 0 Å². The lowest BCUT2D eigenvalue weighted by Crippen LogP contribution is -2.44. The maximum Gasteiger partial charge on any atom is 0.305 e. The van der Waals surface area contributed by atoms with Crippen LogP contribution in [-0.2, 0) is 20.8 Å². The highest BCUT2D eigenvalue weighted by atomic mass is 16.4. The van der Waals surface area contributed by atoms with Crippen molar-refractivity contribution in [3.05, 3.63) is 23.9 Å². The molecular formula is C18H26N4O4. The van der Waals surface area contributed by atoms with Crippen LogP contribution in [-0.4, -0.2) is 51.4 Å². The molecule has 1 aromatic rings. The number of aliphatic carboxylic acids is 1. The summed E-state index contributed by atoms with van der Waals surface area (Å²) in [5.74, 6) is -0.891. The number of carbonyl (C=O) groups excluding carboxylic acids is 2. The van der Waals surface area contributed by atoms with Gasteiger partial charge in [0.1, 0.15) is 5.82 Å². The third-order valence-corrected chi connectivity index (χ3v) is 4.16. The standard InChI is InChI=1S/C18H26N4O4/c1-12(10-18(25)26)20-16(23)11-22(14-8-9-14)17(24)7-3-5-13-4-2-6-15(19)21-13/h2,4,6,12,14H,3,5,7-11H2,1H3,(H2,19,21)(H,20,23)(H,25,26)/t12-/m1/s1. The Labute approximate surface area is 152 Å². The first-order valence-corrected chi connectivity index (χ1v) is 8.87. The maximum atomic E-state index is 12.5. The van der Waals surface area contributed by atoms with E-state index in [1.165, 1.54) is 0 Å². The number of amides is 2. The molecule has 0 aromatic carbocycles. The number of carboxylic acid groups (broad SMARTS) is 1. The van der Waals surface area contributed by atoms with E-state index in [9.17, 15) is 14.4 Å². The molecule has 0 spiro atoms. The SMILES string of the molecule is C[C@H](CC(=O)O)NC(=O)CN(C(=O)CCCc1cccc(N)n1)C1CC1. The molecule has 1 aliphatic carbocycles. The van der Waals surface area contributed by atoms with Crippen LogP contribution in [0.1, 0.15) is 44.7 Å². The summed E-state index contributed by atoms with van der Waals surface area (Å²) >= 11 is 0. The van der Waals surface area contributed by atoms with Gasteiger partial charge < -0.3 is 21.1 Å². The van der Waals surface area contributed by atoms with Gasteiger partial charge in [-0.2, -0.15) is 0 Å². The highest BCUT2D eigenvalue weighted by Crippen LogP contribution is 2.27. The topological polar surface area (TPSA) is 126 Å². The molecule has 0 radical (unpaired) electrons. The summed E-state index contributed by atoms with van der Waals surface area (Å²) in [4.78, 5) is 41.1. The van der Waals surface area contributed by atoms with Gasteiger partial charge in [-0.15, -0.1) is 0 Å². The van der Waals surface area contributed by atoms with Crippen molar-refractivity contribution in [2.45, 2.75) is 57.5 Å². The van der Waals surface area contributed by atoms with E-state index in [1.807, 2.05) is 12.1 Å². The number of aromatic nitrogens is 1. The van der Waals surface area contributed by atoms with Crippen molar-refractivity contribution >= 4 is 23.6 Å². The first-order valence-electron chi connectivity index (χ1n) is 8.87. The van der Waals surface area contributed by atoms with Crippen molar-refractivity contribution in [2.75, 3.05) is 12.3 Å². The van der Waals surface area contributed by atoms with Crippen LogP contribution < -0.4 is 11.1 Å². The zero-order chi connectivity index (χ0) is 19.1. The molecule has 0 saturated heterocycles. The second-order valence-electron chi connectivity index (χ2n) is 6.73. The first-order chi connectivity index (χ1) is 12.3. The number of nitrogens with two attached hydrogens (primary N) is 1. The van der Waals surface area contributed by atoms with E-state index in [-0.39, 0.29) is 30.8 Å². The Kier molecular flexibility index (Phi) is 6.94. The lowest BCUT2D eigenvalue weighted by molar-refractivity contribution is -0.139. The van der Waals surface area contributed by atoms with E-state index in [0.29, 0.717) is 25.1 Å².